The van der Waals surface area contributed by atoms with Gasteiger partial charge in [0.1, 0.15) is 6.61 Å². The monoisotopic (exact) mass is 261 g/mol. The number of ether oxygens (including phenoxy) is 1. The van der Waals surface area contributed by atoms with Crippen molar-refractivity contribution in [2.75, 3.05) is 13.2 Å². The van der Waals surface area contributed by atoms with Gasteiger partial charge < -0.3 is 4.74 Å². The Morgan fingerprint density at radius 3 is 2.74 bits per heavy atom. The van der Waals surface area contributed by atoms with E-state index in [-0.39, 0.29) is 12.0 Å². The van der Waals surface area contributed by atoms with Crippen LogP contribution in [0.5, 0.6) is 0 Å². The van der Waals surface area contributed by atoms with Crippen molar-refractivity contribution < 1.29 is 9.53 Å². The molecular weight excluding hydrogens is 238 g/mol. The van der Waals surface area contributed by atoms with Gasteiger partial charge >= 0.3 is 5.97 Å². The van der Waals surface area contributed by atoms with Gasteiger partial charge in [-0.05, 0) is 31.9 Å². The molecular formula is C16H23NO2. The van der Waals surface area contributed by atoms with Gasteiger partial charge in [0.2, 0.25) is 0 Å². The summed E-state index contributed by atoms with van der Waals surface area (Å²) in [4.78, 5) is 13.6. The number of piperidine rings is 1. The Bertz CT molecular complexity index is 404. The summed E-state index contributed by atoms with van der Waals surface area (Å²) >= 11 is 0. The van der Waals surface area contributed by atoms with Gasteiger partial charge in [-0.1, -0.05) is 36.8 Å². The van der Waals surface area contributed by atoms with Crippen LogP contribution in [0.1, 0.15) is 44.7 Å². The summed E-state index contributed by atoms with van der Waals surface area (Å²) in [6.07, 6.45) is 3.75. The maximum atomic E-state index is 11.1. The van der Waals surface area contributed by atoms with Crippen LogP contribution in [0.15, 0.2) is 30.3 Å². The first kappa shape index (κ1) is 14.1. The van der Waals surface area contributed by atoms with E-state index in [0.29, 0.717) is 12.6 Å². The summed E-state index contributed by atoms with van der Waals surface area (Å²) in [5, 5.41) is 0. The van der Waals surface area contributed by atoms with Crippen molar-refractivity contribution in [3.8, 4) is 0 Å². The number of likely N-dealkylation sites (tertiary alicyclic amines) is 1. The van der Waals surface area contributed by atoms with Gasteiger partial charge in [-0.3, -0.25) is 9.69 Å². The highest BCUT2D eigenvalue weighted by molar-refractivity contribution is 5.65. The molecule has 0 radical (unpaired) electrons. The molecule has 2 atom stereocenters. The fourth-order valence-electron chi connectivity index (χ4n) is 2.84. The number of hydrogen-bond donors (Lipinski definition) is 0. The van der Waals surface area contributed by atoms with Gasteiger partial charge in [0, 0.05) is 13.0 Å². The minimum atomic E-state index is -0.203. The topological polar surface area (TPSA) is 29.5 Å². The first-order chi connectivity index (χ1) is 9.18. The first-order valence-electron chi connectivity index (χ1n) is 7.12. The number of hydrogen-bond acceptors (Lipinski definition) is 3. The third kappa shape index (κ3) is 3.80. The van der Waals surface area contributed by atoms with Crippen LogP contribution in [0, 0.1) is 0 Å². The molecule has 1 aromatic rings. The molecule has 2 rings (SSSR count). The Morgan fingerprint density at radius 2 is 2.11 bits per heavy atom. The molecule has 1 heterocycles. The molecule has 1 fully saturated rings. The summed E-state index contributed by atoms with van der Waals surface area (Å²) in [5.41, 5.74) is 1.23. The Labute approximate surface area is 115 Å². The highest BCUT2D eigenvalue weighted by Crippen LogP contribution is 2.28. The summed E-state index contributed by atoms with van der Waals surface area (Å²) < 4.78 is 5.28. The number of rotatable bonds is 4. The molecule has 0 bridgehead atoms. The van der Waals surface area contributed by atoms with Gasteiger partial charge in [0.15, 0.2) is 0 Å². The van der Waals surface area contributed by atoms with Gasteiger partial charge in [-0.25, -0.2) is 0 Å². The maximum Gasteiger partial charge on any atom is 0.302 e. The molecule has 3 heteroatoms. The maximum absolute atomic E-state index is 11.1. The van der Waals surface area contributed by atoms with Crippen LogP contribution < -0.4 is 0 Å². The Kier molecular flexibility index (Phi) is 4.97. The van der Waals surface area contributed by atoms with Gasteiger partial charge in [0.05, 0.1) is 6.04 Å². The van der Waals surface area contributed by atoms with E-state index in [1.807, 2.05) is 18.2 Å². The second-order valence-electron chi connectivity index (χ2n) is 5.31. The van der Waals surface area contributed by atoms with Crippen molar-refractivity contribution in [1.29, 1.82) is 0 Å². The SMILES string of the molecule is CC(=O)OC[C@@H](c1ccccc1)N1CCCC[C@@H]1C. The molecule has 1 aliphatic rings. The second-order valence-corrected chi connectivity index (χ2v) is 5.31. The molecule has 0 aromatic heterocycles. The lowest BCUT2D eigenvalue weighted by Gasteiger charge is -2.39. The van der Waals surface area contributed by atoms with Crippen molar-refractivity contribution in [3.05, 3.63) is 35.9 Å². The summed E-state index contributed by atoms with van der Waals surface area (Å²) in [6.45, 7) is 5.27. The van der Waals surface area contributed by atoms with E-state index in [4.69, 9.17) is 4.74 Å². The molecule has 1 saturated heterocycles. The lowest BCUT2D eigenvalue weighted by atomic mass is 9.97. The van der Waals surface area contributed by atoms with E-state index < -0.39 is 0 Å². The standard InChI is InChI=1S/C16H23NO2/c1-13-8-6-7-11-17(13)16(12-19-14(2)18)15-9-4-3-5-10-15/h3-5,9-10,13,16H,6-8,11-12H2,1-2H3/t13-,16-/m0/s1. The van der Waals surface area contributed by atoms with E-state index in [0.717, 1.165) is 6.54 Å². The smallest absolute Gasteiger partial charge is 0.302 e. The van der Waals surface area contributed by atoms with Crippen molar-refractivity contribution in [2.45, 2.75) is 45.2 Å². The van der Waals surface area contributed by atoms with Gasteiger partial charge in [-0.2, -0.15) is 0 Å². The van der Waals surface area contributed by atoms with Crippen molar-refractivity contribution >= 4 is 5.97 Å². The Balaban J connectivity index is 2.15. The summed E-state index contributed by atoms with van der Waals surface area (Å²) in [6, 6.07) is 11.1. The van der Waals surface area contributed by atoms with Crippen LogP contribution in [-0.4, -0.2) is 30.1 Å². The molecule has 0 spiro atoms. The fraction of sp³-hybridized carbons (Fsp3) is 0.562. The van der Waals surface area contributed by atoms with E-state index >= 15 is 0 Å². The van der Waals surface area contributed by atoms with Crippen LogP contribution >= 0.6 is 0 Å². The van der Waals surface area contributed by atoms with Crippen LogP contribution in [0.4, 0.5) is 0 Å². The molecule has 0 aliphatic carbocycles. The third-order valence-electron chi connectivity index (χ3n) is 3.88. The zero-order valence-electron chi connectivity index (χ0n) is 11.8. The average molecular weight is 261 g/mol. The number of carbonyl (C=O) groups is 1. The Hall–Kier alpha value is -1.35. The number of benzene rings is 1. The van der Waals surface area contributed by atoms with Crippen LogP contribution in [0.2, 0.25) is 0 Å². The lowest BCUT2D eigenvalue weighted by Crippen LogP contribution is -2.42. The molecule has 3 nitrogen and oxygen atoms in total. The van der Waals surface area contributed by atoms with Gasteiger partial charge in [-0.15, -0.1) is 0 Å². The normalized spacial score (nSPS) is 21.9. The summed E-state index contributed by atoms with van der Waals surface area (Å²) in [5.74, 6) is -0.203. The summed E-state index contributed by atoms with van der Waals surface area (Å²) in [7, 11) is 0. The fourth-order valence-corrected chi connectivity index (χ4v) is 2.84. The number of nitrogens with zero attached hydrogens (tertiary/aromatic N) is 1. The first-order valence-corrected chi connectivity index (χ1v) is 7.12. The van der Waals surface area contributed by atoms with E-state index in [1.54, 1.807) is 0 Å². The Morgan fingerprint density at radius 1 is 1.37 bits per heavy atom. The quantitative estimate of drug-likeness (QED) is 0.780. The van der Waals surface area contributed by atoms with E-state index in [9.17, 15) is 4.79 Å². The second kappa shape index (κ2) is 6.71. The molecule has 0 N–H and O–H groups in total. The van der Waals surface area contributed by atoms with Crippen LogP contribution in [-0.2, 0) is 9.53 Å². The van der Waals surface area contributed by atoms with Gasteiger partial charge in [0.25, 0.3) is 0 Å². The highest BCUT2D eigenvalue weighted by Gasteiger charge is 2.27. The van der Waals surface area contributed by atoms with Crippen molar-refractivity contribution in [2.24, 2.45) is 0 Å². The number of esters is 1. The number of carbonyl (C=O) groups excluding carboxylic acids is 1. The van der Waals surface area contributed by atoms with Crippen molar-refractivity contribution in [1.82, 2.24) is 4.90 Å². The minimum absolute atomic E-state index is 0.181. The molecule has 1 aromatic carbocycles. The lowest BCUT2D eigenvalue weighted by molar-refractivity contribution is -0.143. The molecule has 0 saturated carbocycles. The molecule has 104 valence electrons. The predicted octanol–water partition coefficient (Wildman–Crippen LogP) is 3.17. The predicted molar refractivity (Wildman–Crippen MR) is 75.8 cm³/mol. The van der Waals surface area contributed by atoms with E-state index in [1.165, 1.54) is 31.7 Å². The zero-order valence-corrected chi connectivity index (χ0v) is 11.8. The highest BCUT2D eigenvalue weighted by atomic mass is 16.5. The van der Waals surface area contributed by atoms with Crippen molar-refractivity contribution in [3.63, 3.8) is 0 Å². The molecule has 1 aliphatic heterocycles. The van der Waals surface area contributed by atoms with Crippen LogP contribution in [0.25, 0.3) is 0 Å². The zero-order chi connectivity index (χ0) is 13.7. The van der Waals surface area contributed by atoms with Crippen LogP contribution in [0.3, 0.4) is 0 Å². The molecule has 0 unspecified atom stereocenters. The van der Waals surface area contributed by atoms with E-state index in [2.05, 4.69) is 24.0 Å². The minimum Gasteiger partial charge on any atom is -0.464 e. The average Bonchev–Trinajstić information content (AvgIpc) is 2.42. The molecule has 19 heavy (non-hydrogen) atoms. The largest absolute Gasteiger partial charge is 0.464 e. The molecule has 0 amide bonds. The third-order valence-corrected chi connectivity index (χ3v) is 3.88.